The Morgan fingerprint density at radius 3 is 2.84 bits per heavy atom. The number of nitrogens with zero attached hydrogens (tertiary/aromatic N) is 2. The number of nitrogens with one attached hydrogen (secondary N) is 2. The van der Waals surface area contributed by atoms with E-state index in [-0.39, 0.29) is 6.04 Å². The van der Waals surface area contributed by atoms with Crippen LogP contribution in [0.4, 0.5) is 4.79 Å². The lowest BCUT2D eigenvalue weighted by atomic mass is 10.2. The fraction of sp³-hybridized carbons (Fsp3) is 0.750. The van der Waals surface area contributed by atoms with E-state index in [0.717, 1.165) is 6.54 Å². The average molecular weight is 270 g/mol. The smallest absolute Gasteiger partial charge is 0.407 e. The van der Waals surface area contributed by atoms with Gasteiger partial charge in [0.1, 0.15) is 5.60 Å². The van der Waals surface area contributed by atoms with Crippen LogP contribution in [0.15, 0.2) is 10.9 Å². The van der Waals surface area contributed by atoms with E-state index < -0.39 is 11.7 Å². The fourth-order valence-electron chi connectivity index (χ4n) is 1.36. The highest BCUT2D eigenvalue weighted by atomic mass is 16.6. The standard InChI is InChI=1S/C12H22N4O3/c1-9(7-14-11(17)19-12(2,3)4)13-6-5-10-15-8-18-16-10/h8-9,13H,5-7H2,1-4H3,(H,14,17). The van der Waals surface area contributed by atoms with E-state index >= 15 is 0 Å². The van der Waals surface area contributed by atoms with E-state index in [1.807, 2.05) is 27.7 Å². The summed E-state index contributed by atoms with van der Waals surface area (Å²) in [7, 11) is 0. The van der Waals surface area contributed by atoms with Crippen LogP contribution in [-0.2, 0) is 11.2 Å². The van der Waals surface area contributed by atoms with Crippen LogP contribution in [0, 0.1) is 0 Å². The lowest BCUT2D eigenvalue weighted by Crippen LogP contribution is -2.41. The molecule has 0 aromatic carbocycles. The van der Waals surface area contributed by atoms with E-state index in [4.69, 9.17) is 4.74 Å². The predicted molar refractivity (Wildman–Crippen MR) is 69.7 cm³/mol. The summed E-state index contributed by atoms with van der Waals surface area (Å²) in [5.74, 6) is 0.666. The fourth-order valence-corrected chi connectivity index (χ4v) is 1.36. The summed E-state index contributed by atoms with van der Waals surface area (Å²) in [6.07, 6.45) is 1.59. The molecule has 0 saturated carbocycles. The van der Waals surface area contributed by atoms with Crippen LogP contribution in [0.25, 0.3) is 0 Å². The Balaban J connectivity index is 2.10. The van der Waals surface area contributed by atoms with Crippen molar-refractivity contribution in [2.45, 2.75) is 45.8 Å². The van der Waals surface area contributed by atoms with E-state index in [1.54, 1.807) is 0 Å². The average Bonchev–Trinajstić information content (AvgIpc) is 2.77. The maximum atomic E-state index is 11.4. The highest BCUT2D eigenvalue weighted by Crippen LogP contribution is 2.06. The molecular weight excluding hydrogens is 248 g/mol. The maximum absolute atomic E-state index is 11.4. The molecule has 0 saturated heterocycles. The molecule has 1 aromatic rings. The van der Waals surface area contributed by atoms with Crippen LogP contribution in [0.1, 0.15) is 33.5 Å². The van der Waals surface area contributed by atoms with Gasteiger partial charge in [-0.05, 0) is 27.7 Å². The molecule has 19 heavy (non-hydrogen) atoms. The largest absolute Gasteiger partial charge is 0.444 e. The highest BCUT2D eigenvalue weighted by Gasteiger charge is 2.16. The van der Waals surface area contributed by atoms with Crippen molar-refractivity contribution in [3.8, 4) is 0 Å². The maximum Gasteiger partial charge on any atom is 0.407 e. The summed E-state index contributed by atoms with van der Waals surface area (Å²) >= 11 is 0. The summed E-state index contributed by atoms with van der Waals surface area (Å²) in [5.41, 5.74) is -0.473. The molecule has 7 heteroatoms. The molecule has 2 N–H and O–H groups in total. The van der Waals surface area contributed by atoms with Crippen LogP contribution in [-0.4, -0.2) is 41.0 Å². The molecule has 7 nitrogen and oxygen atoms in total. The van der Waals surface area contributed by atoms with Gasteiger partial charge in [0.2, 0.25) is 6.39 Å². The number of hydrogen-bond donors (Lipinski definition) is 2. The third-order valence-electron chi connectivity index (χ3n) is 2.20. The van der Waals surface area contributed by atoms with Gasteiger partial charge in [-0.25, -0.2) is 4.79 Å². The third-order valence-corrected chi connectivity index (χ3v) is 2.20. The SMILES string of the molecule is CC(CNC(=O)OC(C)(C)C)NCCc1ncon1. The predicted octanol–water partition coefficient (Wildman–Crippen LogP) is 1.11. The Bertz CT molecular complexity index is 373. The van der Waals surface area contributed by atoms with Crippen molar-refractivity contribution in [2.24, 2.45) is 0 Å². The Morgan fingerprint density at radius 1 is 1.53 bits per heavy atom. The molecule has 0 aliphatic heterocycles. The van der Waals surface area contributed by atoms with E-state index in [2.05, 4.69) is 25.3 Å². The zero-order valence-electron chi connectivity index (χ0n) is 11.9. The Hall–Kier alpha value is -1.63. The van der Waals surface area contributed by atoms with Crippen LogP contribution >= 0.6 is 0 Å². The lowest BCUT2D eigenvalue weighted by Gasteiger charge is -2.21. The first-order chi connectivity index (χ1) is 8.87. The van der Waals surface area contributed by atoms with E-state index in [0.29, 0.717) is 18.8 Å². The second kappa shape index (κ2) is 7.08. The van der Waals surface area contributed by atoms with Gasteiger partial charge >= 0.3 is 6.09 Å². The van der Waals surface area contributed by atoms with Crippen molar-refractivity contribution in [1.82, 2.24) is 20.8 Å². The molecule has 1 aromatic heterocycles. The van der Waals surface area contributed by atoms with Gasteiger partial charge in [0, 0.05) is 25.6 Å². The van der Waals surface area contributed by atoms with Gasteiger partial charge in [0.15, 0.2) is 5.82 Å². The first-order valence-electron chi connectivity index (χ1n) is 6.32. The molecule has 1 heterocycles. The van der Waals surface area contributed by atoms with Gasteiger partial charge in [-0.2, -0.15) is 4.98 Å². The Labute approximate surface area is 113 Å². The number of hydrogen-bond acceptors (Lipinski definition) is 6. The molecule has 1 atom stereocenters. The number of alkyl carbamates (subject to hydrolysis) is 1. The number of rotatable bonds is 6. The number of carbonyl (C=O) groups is 1. The molecular formula is C12H22N4O3. The minimum absolute atomic E-state index is 0.138. The third kappa shape index (κ3) is 7.40. The van der Waals surface area contributed by atoms with Gasteiger partial charge in [0.05, 0.1) is 0 Å². The Morgan fingerprint density at radius 2 is 2.26 bits per heavy atom. The van der Waals surface area contributed by atoms with Gasteiger partial charge < -0.3 is 19.9 Å². The highest BCUT2D eigenvalue weighted by molar-refractivity contribution is 5.67. The number of ether oxygens (including phenoxy) is 1. The van der Waals surface area contributed by atoms with Crippen molar-refractivity contribution < 1.29 is 14.1 Å². The zero-order chi connectivity index (χ0) is 14.3. The number of aromatic nitrogens is 2. The first-order valence-corrected chi connectivity index (χ1v) is 6.32. The van der Waals surface area contributed by atoms with Crippen molar-refractivity contribution in [3.05, 3.63) is 12.2 Å². The second-order valence-corrected chi connectivity index (χ2v) is 5.34. The summed E-state index contributed by atoms with van der Waals surface area (Å²) < 4.78 is 9.78. The van der Waals surface area contributed by atoms with Gasteiger partial charge in [0.25, 0.3) is 0 Å². The number of amides is 1. The first kappa shape index (κ1) is 15.4. The molecule has 0 spiro atoms. The summed E-state index contributed by atoms with van der Waals surface area (Å²) in [5, 5.41) is 9.67. The summed E-state index contributed by atoms with van der Waals surface area (Å²) in [4.78, 5) is 15.4. The minimum Gasteiger partial charge on any atom is -0.444 e. The van der Waals surface area contributed by atoms with Crippen molar-refractivity contribution in [3.63, 3.8) is 0 Å². The molecule has 108 valence electrons. The summed E-state index contributed by atoms with van der Waals surface area (Å²) in [6.45, 7) is 8.70. The molecule has 0 fully saturated rings. The Kier molecular flexibility index (Phi) is 5.75. The van der Waals surface area contributed by atoms with Crippen molar-refractivity contribution in [1.29, 1.82) is 0 Å². The van der Waals surface area contributed by atoms with Crippen LogP contribution in [0.5, 0.6) is 0 Å². The number of carbonyl (C=O) groups excluding carboxylic acids is 1. The van der Waals surface area contributed by atoms with Gasteiger partial charge in [-0.3, -0.25) is 0 Å². The minimum atomic E-state index is -0.473. The molecule has 1 rings (SSSR count). The molecule has 0 radical (unpaired) electrons. The zero-order valence-corrected chi connectivity index (χ0v) is 11.9. The van der Waals surface area contributed by atoms with Crippen LogP contribution in [0.3, 0.4) is 0 Å². The molecule has 1 unspecified atom stereocenters. The van der Waals surface area contributed by atoms with Crippen LogP contribution < -0.4 is 10.6 Å². The molecule has 0 aliphatic carbocycles. The van der Waals surface area contributed by atoms with E-state index in [1.165, 1.54) is 6.39 Å². The topological polar surface area (TPSA) is 89.3 Å². The molecule has 0 bridgehead atoms. The monoisotopic (exact) mass is 270 g/mol. The van der Waals surface area contributed by atoms with E-state index in [9.17, 15) is 4.79 Å². The molecule has 1 amide bonds. The normalized spacial score (nSPS) is 13.1. The molecule has 0 aliphatic rings. The van der Waals surface area contributed by atoms with Crippen molar-refractivity contribution in [2.75, 3.05) is 13.1 Å². The lowest BCUT2D eigenvalue weighted by molar-refractivity contribution is 0.0523. The van der Waals surface area contributed by atoms with Crippen LogP contribution in [0.2, 0.25) is 0 Å². The van der Waals surface area contributed by atoms with Crippen molar-refractivity contribution >= 4 is 6.09 Å². The van der Waals surface area contributed by atoms with Gasteiger partial charge in [-0.1, -0.05) is 5.16 Å². The summed E-state index contributed by atoms with van der Waals surface area (Å²) in [6, 6.07) is 0.138. The quantitative estimate of drug-likeness (QED) is 0.805. The van der Waals surface area contributed by atoms with Gasteiger partial charge in [-0.15, -0.1) is 0 Å². The second-order valence-electron chi connectivity index (χ2n) is 5.34.